The monoisotopic (exact) mass is 266 g/mol. The molecule has 0 radical (unpaired) electrons. The van der Waals surface area contributed by atoms with Crippen LogP contribution in [0.5, 0.6) is 5.75 Å². The van der Waals surface area contributed by atoms with Crippen LogP contribution in [-0.4, -0.2) is 38.8 Å². The van der Waals surface area contributed by atoms with E-state index in [1.165, 1.54) is 13.2 Å². The molecule has 4 nitrogen and oxygen atoms in total. The molecule has 0 aliphatic heterocycles. The zero-order valence-corrected chi connectivity index (χ0v) is 11.4. The third-order valence-corrected chi connectivity index (χ3v) is 2.77. The molecule has 5 heteroatoms. The Morgan fingerprint density at radius 2 is 2.11 bits per heavy atom. The SMILES string of the molecule is COCCN(CCC#N)Cc1ccc(OC)c(F)c1. The lowest BCUT2D eigenvalue weighted by Gasteiger charge is -2.21. The predicted molar refractivity (Wildman–Crippen MR) is 70.3 cm³/mol. The molecule has 0 atom stereocenters. The smallest absolute Gasteiger partial charge is 0.165 e. The summed E-state index contributed by atoms with van der Waals surface area (Å²) in [7, 11) is 3.07. The molecule has 0 spiro atoms. The summed E-state index contributed by atoms with van der Waals surface area (Å²) in [4.78, 5) is 2.06. The molecule has 0 bridgehead atoms. The molecule has 0 aromatic heterocycles. The van der Waals surface area contributed by atoms with Crippen LogP contribution in [0.4, 0.5) is 4.39 Å². The number of benzene rings is 1. The van der Waals surface area contributed by atoms with Crippen LogP contribution in [0, 0.1) is 17.1 Å². The Bertz CT molecular complexity index is 432. The summed E-state index contributed by atoms with van der Waals surface area (Å²) in [5.41, 5.74) is 0.854. The number of rotatable bonds is 8. The topological polar surface area (TPSA) is 45.5 Å². The van der Waals surface area contributed by atoms with Crippen molar-refractivity contribution in [3.05, 3.63) is 29.6 Å². The van der Waals surface area contributed by atoms with E-state index in [1.54, 1.807) is 13.2 Å². The normalized spacial score (nSPS) is 10.5. The second-order valence-electron chi connectivity index (χ2n) is 4.15. The highest BCUT2D eigenvalue weighted by molar-refractivity contribution is 5.29. The van der Waals surface area contributed by atoms with Crippen LogP contribution < -0.4 is 4.74 Å². The molecule has 0 heterocycles. The summed E-state index contributed by atoms with van der Waals surface area (Å²) < 4.78 is 23.5. The quantitative estimate of drug-likeness (QED) is 0.723. The molecule has 0 saturated heterocycles. The molecule has 0 fully saturated rings. The highest BCUT2D eigenvalue weighted by atomic mass is 19.1. The zero-order valence-electron chi connectivity index (χ0n) is 11.4. The van der Waals surface area contributed by atoms with Crippen molar-refractivity contribution in [3.63, 3.8) is 0 Å². The van der Waals surface area contributed by atoms with Gasteiger partial charge in [0.05, 0.1) is 19.8 Å². The van der Waals surface area contributed by atoms with Gasteiger partial charge in [0.15, 0.2) is 11.6 Å². The van der Waals surface area contributed by atoms with Gasteiger partial charge in [0.2, 0.25) is 0 Å². The van der Waals surface area contributed by atoms with Gasteiger partial charge in [-0.25, -0.2) is 4.39 Å². The molecule has 0 N–H and O–H groups in total. The van der Waals surface area contributed by atoms with Crippen LogP contribution in [0.3, 0.4) is 0 Å². The number of hydrogen-bond donors (Lipinski definition) is 0. The standard InChI is InChI=1S/C14H19FN2O2/c1-18-9-8-17(7-3-6-16)11-12-4-5-14(19-2)13(15)10-12/h4-5,10H,3,7-9,11H2,1-2H3. The Labute approximate surface area is 113 Å². The molecule has 0 amide bonds. The Morgan fingerprint density at radius 1 is 1.32 bits per heavy atom. The van der Waals surface area contributed by atoms with Gasteiger partial charge in [-0.3, -0.25) is 4.90 Å². The van der Waals surface area contributed by atoms with Gasteiger partial charge in [0, 0.05) is 33.2 Å². The van der Waals surface area contributed by atoms with Gasteiger partial charge >= 0.3 is 0 Å². The van der Waals surface area contributed by atoms with Crippen LogP contribution in [0.2, 0.25) is 0 Å². The van der Waals surface area contributed by atoms with Crippen molar-refractivity contribution in [2.75, 3.05) is 33.9 Å². The summed E-state index contributed by atoms with van der Waals surface area (Å²) in [6.07, 6.45) is 0.447. The van der Waals surface area contributed by atoms with Crippen molar-refractivity contribution in [1.82, 2.24) is 4.90 Å². The van der Waals surface area contributed by atoms with Crippen molar-refractivity contribution < 1.29 is 13.9 Å². The maximum atomic E-state index is 13.6. The van der Waals surface area contributed by atoms with Crippen molar-refractivity contribution in [2.45, 2.75) is 13.0 Å². The molecule has 104 valence electrons. The summed E-state index contributed by atoms with van der Waals surface area (Å²) in [5, 5.41) is 8.63. The lowest BCUT2D eigenvalue weighted by atomic mass is 10.2. The molecular formula is C14H19FN2O2. The van der Waals surface area contributed by atoms with Crippen molar-refractivity contribution in [3.8, 4) is 11.8 Å². The highest BCUT2D eigenvalue weighted by Gasteiger charge is 2.08. The largest absolute Gasteiger partial charge is 0.494 e. The lowest BCUT2D eigenvalue weighted by Crippen LogP contribution is -2.28. The van der Waals surface area contributed by atoms with Crippen LogP contribution in [0.25, 0.3) is 0 Å². The van der Waals surface area contributed by atoms with Crippen molar-refractivity contribution in [2.24, 2.45) is 0 Å². The number of halogens is 1. The van der Waals surface area contributed by atoms with Crippen LogP contribution in [0.1, 0.15) is 12.0 Å². The number of hydrogen-bond acceptors (Lipinski definition) is 4. The zero-order chi connectivity index (χ0) is 14.1. The molecule has 19 heavy (non-hydrogen) atoms. The first kappa shape index (κ1) is 15.4. The average molecular weight is 266 g/mol. The summed E-state index contributed by atoms with van der Waals surface area (Å²) in [5.74, 6) is -0.129. The number of ether oxygens (including phenoxy) is 2. The van der Waals surface area contributed by atoms with Gasteiger partial charge in [-0.05, 0) is 17.7 Å². The third-order valence-electron chi connectivity index (χ3n) is 2.77. The second-order valence-corrected chi connectivity index (χ2v) is 4.15. The molecule has 0 saturated carbocycles. The molecule has 0 unspecified atom stereocenters. The van der Waals surface area contributed by atoms with Gasteiger partial charge in [-0.1, -0.05) is 6.07 Å². The summed E-state index contributed by atoms with van der Waals surface area (Å²) >= 11 is 0. The Morgan fingerprint density at radius 3 is 2.68 bits per heavy atom. The van der Waals surface area contributed by atoms with Gasteiger partial charge in [-0.15, -0.1) is 0 Å². The minimum atomic E-state index is -0.369. The van der Waals surface area contributed by atoms with Gasteiger partial charge in [-0.2, -0.15) is 5.26 Å². The average Bonchev–Trinajstić information content (AvgIpc) is 2.42. The Kier molecular flexibility index (Phi) is 6.86. The maximum absolute atomic E-state index is 13.6. The maximum Gasteiger partial charge on any atom is 0.165 e. The van der Waals surface area contributed by atoms with Crippen LogP contribution in [0.15, 0.2) is 18.2 Å². The van der Waals surface area contributed by atoms with E-state index in [0.29, 0.717) is 32.7 Å². The fraction of sp³-hybridized carbons (Fsp3) is 0.500. The van der Waals surface area contributed by atoms with E-state index in [4.69, 9.17) is 14.7 Å². The van der Waals surface area contributed by atoms with E-state index in [9.17, 15) is 4.39 Å². The molecular weight excluding hydrogens is 247 g/mol. The molecule has 1 aromatic rings. The third kappa shape index (κ3) is 5.25. The van der Waals surface area contributed by atoms with Crippen molar-refractivity contribution in [1.29, 1.82) is 5.26 Å². The first-order chi connectivity index (χ1) is 9.21. The van der Waals surface area contributed by atoms with E-state index in [0.717, 1.165) is 5.56 Å². The first-order valence-electron chi connectivity index (χ1n) is 6.12. The molecule has 1 rings (SSSR count). The lowest BCUT2D eigenvalue weighted by molar-refractivity contribution is 0.145. The summed E-state index contributed by atoms with van der Waals surface area (Å²) in [6.45, 7) is 2.54. The number of methoxy groups -OCH3 is 2. The van der Waals surface area contributed by atoms with Crippen molar-refractivity contribution >= 4 is 0 Å². The van der Waals surface area contributed by atoms with E-state index in [1.807, 2.05) is 6.07 Å². The number of nitriles is 1. The fourth-order valence-corrected chi connectivity index (χ4v) is 1.76. The minimum absolute atomic E-state index is 0.240. The van der Waals surface area contributed by atoms with E-state index < -0.39 is 0 Å². The first-order valence-corrected chi connectivity index (χ1v) is 6.12. The Balaban J connectivity index is 2.66. The highest BCUT2D eigenvalue weighted by Crippen LogP contribution is 2.18. The molecule has 0 aliphatic carbocycles. The van der Waals surface area contributed by atoms with Gasteiger partial charge < -0.3 is 9.47 Å². The van der Waals surface area contributed by atoms with Gasteiger partial charge in [0.1, 0.15) is 0 Å². The van der Waals surface area contributed by atoms with E-state index >= 15 is 0 Å². The number of nitrogens with zero attached hydrogens (tertiary/aromatic N) is 2. The van der Waals surface area contributed by atoms with Gasteiger partial charge in [0.25, 0.3) is 0 Å². The molecule has 0 aliphatic rings. The second kappa shape index (κ2) is 8.46. The van der Waals surface area contributed by atoms with Crippen LogP contribution in [-0.2, 0) is 11.3 Å². The Hall–Kier alpha value is -1.64. The summed E-state index contributed by atoms with van der Waals surface area (Å²) in [6, 6.07) is 7.02. The van der Waals surface area contributed by atoms with E-state index in [-0.39, 0.29) is 11.6 Å². The predicted octanol–water partition coefficient (Wildman–Crippen LogP) is 2.20. The molecule has 1 aromatic carbocycles. The van der Waals surface area contributed by atoms with E-state index in [2.05, 4.69) is 11.0 Å². The van der Waals surface area contributed by atoms with Crippen LogP contribution >= 0.6 is 0 Å². The fourth-order valence-electron chi connectivity index (χ4n) is 1.76. The minimum Gasteiger partial charge on any atom is -0.494 e.